The van der Waals surface area contributed by atoms with Crippen LogP contribution in [0.25, 0.3) is 0 Å². The Morgan fingerprint density at radius 3 is 2.56 bits per heavy atom. The molecule has 96 valence electrons. The van der Waals surface area contributed by atoms with Crippen LogP contribution in [0.4, 0.5) is 8.78 Å². The van der Waals surface area contributed by atoms with Crippen molar-refractivity contribution in [3.8, 4) is 0 Å². The number of hydrogen-bond donors (Lipinski definition) is 1. The van der Waals surface area contributed by atoms with Gasteiger partial charge in [0.15, 0.2) is 12.3 Å². The topological polar surface area (TPSA) is 29.5 Å². The van der Waals surface area contributed by atoms with E-state index in [0.717, 1.165) is 25.7 Å². The standard InChI is InChI=1S/C12H22F2O2/c1-2-3-4-5-8-16-10-7-6-9(15)11(13)12(10)14/h9-12,15H,2-8H2,1H3. The molecular formula is C12H22F2O2. The van der Waals surface area contributed by atoms with Crippen molar-refractivity contribution in [1.82, 2.24) is 0 Å². The van der Waals surface area contributed by atoms with Crippen LogP contribution in [0.15, 0.2) is 0 Å². The average molecular weight is 236 g/mol. The number of aliphatic hydroxyl groups is 1. The summed E-state index contributed by atoms with van der Waals surface area (Å²) in [5.74, 6) is 0. The van der Waals surface area contributed by atoms with Crippen molar-refractivity contribution in [3.05, 3.63) is 0 Å². The highest BCUT2D eigenvalue weighted by molar-refractivity contribution is 4.88. The Hall–Kier alpha value is -0.220. The van der Waals surface area contributed by atoms with E-state index in [1.807, 2.05) is 0 Å². The van der Waals surface area contributed by atoms with Crippen molar-refractivity contribution in [2.75, 3.05) is 6.61 Å². The van der Waals surface area contributed by atoms with Crippen molar-refractivity contribution in [2.24, 2.45) is 0 Å². The summed E-state index contributed by atoms with van der Waals surface area (Å²) in [5.41, 5.74) is 0. The average Bonchev–Trinajstić information content (AvgIpc) is 2.28. The number of ether oxygens (including phenoxy) is 1. The predicted octanol–water partition coefficient (Wildman–Crippen LogP) is 2.78. The molecule has 0 saturated heterocycles. The maximum Gasteiger partial charge on any atom is 0.160 e. The minimum atomic E-state index is -1.78. The van der Waals surface area contributed by atoms with Gasteiger partial charge in [0.2, 0.25) is 0 Å². The van der Waals surface area contributed by atoms with E-state index in [1.165, 1.54) is 0 Å². The van der Waals surface area contributed by atoms with Crippen molar-refractivity contribution < 1.29 is 18.6 Å². The quantitative estimate of drug-likeness (QED) is 0.719. The third-order valence-electron chi connectivity index (χ3n) is 3.10. The van der Waals surface area contributed by atoms with E-state index in [1.54, 1.807) is 0 Å². The lowest BCUT2D eigenvalue weighted by Crippen LogP contribution is -2.45. The summed E-state index contributed by atoms with van der Waals surface area (Å²) in [7, 11) is 0. The third kappa shape index (κ3) is 3.98. The highest BCUT2D eigenvalue weighted by Crippen LogP contribution is 2.27. The van der Waals surface area contributed by atoms with E-state index < -0.39 is 24.6 Å². The molecular weight excluding hydrogens is 214 g/mol. The zero-order valence-corrected chi connectivity index (χ0v) is 9.87. The van der Waals surface area contributed by atoms with Gasteiger partial charge in [0.05, 0.1) is 12.2 Å². The molecule has 4 heteroatoms. The number of rotatable bonds is 6. The summed E-state index contributed by atoms with van der Waals surface area (Å²) in [5, 5.41) is 9.14. The monoisotopic (exact) mass is 236 g/mol. The molecule has 0 radical (unpaired) electrons. The third-order valence-corrected chi connectivity index (χ3v) is 3.10. The Kier molecular flexibility index (Phi) is 6.21. The molecule has 0 bridgehead atoms. The van der Waals surface area contributed by atoms with E-state index in [-0.39, 0.29) is 0 Å². The second-order valence-electron chi connectivity index (χ2n) is 4.50. The fourth-order valence-corrected chi connectivity index (χ4v) is 2.01. The summed E-state index contributed by atoms with van der Waals surface area (Å²) < 4.78 is 31.9. The molecule has 1 rings (SSSR count). The molecule has 0 aromatic carbocycles. The maximum absolute atomic E-state index is 13.4. The molecule has 0 heterocycles. The lowest BCUT2D eigenvalue weighted by molar-refractivity contribution is -0.0982. The number of alkyl halides is 2. The summed E-state index contributed by atoms with van der Waals surface area (Å²) in [6, 6.07) is 0. The van der Waals surface area contributed by atoms with Gasteiger partial charge in [-0.25, -0.2) is 8.78 Å². The normalized spacial score (nSPS) is 35.2. The molecule has 1 aliphatic carbocycles. The number of hydrogen-bond acceptors (Lipinski definition) is 2. The second kappa shape index (κ2) is 7.17. The van der Waals surface area contributed by atoms with Crippen LogP contribution in [-0.2, 0) is 4.74 Å². The van der Waals surface area contributed by atoms with E-state index in [4.69, 9.17) is 9.84 Å². The minimum absolute atomic E-state index is 0.293. The van der Waals surface area contributed by atoms with Crippen molar-refractivity contribution >= 4 is 0 Å². The van der Waals surface area contributed by atoms with Crippen LogP contribution in [0.2, 0.25) is 0 Å². The highest BCUT2D eigenvalue weighted by Gasteiger charge is 2.39. The van der Waals surface area contributed by atoms with Gasteiger partial charge in [-0.2, -0.15) is 0 Å². The summed E-state index contributed by atoms with van der Waals surface area (Å²) >= 11 is 0. The van der Waals surface area contributed by atoms with Gasteiger partial charge in [-0.3, -0.25) is 0 Å². The molecule has 1 N–H and O–H groups in total. The smallest absolute Gasteiger partial charge is 0.160 e. The highest BCUT2D eigenvalue weighted by atomic mass is 19.2. The van der Waals surface area contributed by atoms with Crippen molar-refractivity contribution in [3.63, 3.8) is 0 Å². The van der Waals surface area contributed by atoms with E-state index in [9.17, 15) is 8.78 Å². The Morgan fingerprint density at radius 2 is 1.88 bits per heavy atom. The molecule has 4 atom stereocenters. The fraction of sp³-hybridized carbons (Fsp3) is 1.00. The van der Waals surface area contributed by atoms with Gasteiger partial charge < -0.3 is 9.84 Å². The number of aliphatic hydroxyl groups excluding tert-OH is 1. The Labute approximate surface area is 96.0 Å². The van der Waals surface area contributed by atoms with Gasteiger partial charge in [0, 0.05) is 6.61 Å². The molecule has 0 aliphatic heterocycles. The molecule has 0 amide bonds. The lowest BCUT2D eigenvalue weighted by atomic mass is 9.91. The maximum atomic E-state index is 13.4. The van der Waals surface area contributed by atoms with Crippen molar-refractivity contribution in [1.29, 1.82) is 0 Å². The van der Waals surface area contributed by atoms with Crippen LogP contribution >= 0.6 is 0 Å². The van der Waals surface area contributed by atoms with Crippen molar-refractivity contribution in [2.45, 2.75) is 70.0 Å². The first-order valence-corrected chi connectivity index (χ1v) is 6.24. The van der Waals surface area contributed by atoms with Gasteiger partial charge in [0.1, 0.15) is 0 Å². The summed E-state index contributed by atoms with van der Waals surface area (Å²) in [6.07, 6.45) is -0.305. The van der Waals surface area contributed by atoms with E-state index in [0.29, 0.717) is 19.4 Å². The molecule has 1 aliphatic rings. The van der Waals surface area contributed by atoms with Gasteiger partial charge in [-0.05, 0) is 19.3 Å². The summed E-state index contributed by atoms with van der Waals surface area (Å²) in [6.45, 7) is 2.61. The Bertz CT molecular complexity index is 190. The van der Waals surface area contributed by atoms with E-state index >= 15 is 0 Å². The second-order valence-corrected chi connectivity index (χ2v) is 4.50. The van der Waals surface area contributed by atoms with Crippen LogP contribution in [0.5, 0.6) is 0 Å². The molecule has 0 aromatic rings. The minimum Gasteiger partial charge on any atom is -0.390 e. The first kappa shape index (κ1) is 13.8. The van der Waals surface area contributed by atoms with Crippen LogP contribution < -0.4 is 0 Å². The van der Waals surface area contributed by atoms with Crippen LogP contribution in [0.3, 0.4) is 0 Å². The largest absolute Gasteiger partial charge is 0.390 e. The molecule has 1 saturated carbocycles. The molecule has 0 aromatic heterocycles. The van der Waals surface area contributed by atoms with Crippen LogP contribution in [0, 0.1) is 0 Å². The number of halogens is 2. The Morgan fingerprint density at radius 1 is 1.12 bits per heavy atom. The van der Waals surface area contributed by atoms with Gasteiger partial charge in [0.25, 0.3) is 0 Å². The summed E-state index contributed by atoms with van der Waals surface area (Å²) in [4.78, 5) is 0. The lowest BCUT2D eigenvalue weighted by Gasteiger charge is -2.32. The van der Waals surface area contributed by atoms with Gasteiger partial charge >= 0.3 is 0 Å². The molecule has 0 spiro atoms. The van der Waals surface area contributed by atoms with Gasteiger partial charge in [-0.1, -0.05) is 26.2 Å². The first-order chi connectivity index (χ1) is 7.66. The van der Waals surface area contributed by atoms with Crippen LogP contribution in [0.1, 0.15) is 45.4 Å². The Balaban J connectivity index is 2.16. The fourth-order valence-electron chi connectivity index (χ4n) is 2.01. The van der Waals surface area contributed by atoms with Crippen LogP contribution in [-0.4, -0.2) is 36.3 Å². The molecule has 2 nitrogen and oxygen atoms in total. The molecule has 1 fully saturated rings. The zero-order valence-electron chi connectivity index (χ0n) is 9.87. The zero-order chi connectivity index (χ0) is 12.0. The number of unbranched alkanes of at least 4 members (excludes halogenated alkanes) is 3. The van der Waals surface area contributed by atoms with Gasteiger partial charge in [-0.15, -0.1) is 0 Å². The van der Waals surface area contributed by atoms with E-state index in [2.05, 4.69) is 6.92 Å². The molecule has 4 unspecified atom stereocenters. The SMILES string of the molecule is CCCCCCOC1CCC(O)C(F)C1F. The first-order valence-electron chi connectivity index (χ1n) is 6.24. The predicted molar refractivity (Wildman–Crippen MR) is 58.9 cm³/mol. The molecule has 16 heavy (non-hydrogen) atoms.